The molecule has 1 nitrogen and oxygen atoms in total. The second kappa shape index (κ2) is 5.03. The molecule has 108 valence electrons. The second-order valence-electron chi connectivity index (χ2n) is 3.20. The van der Waals surface area contributed by atoms with Gasteiger partial charge in [0.1, 0.15) is 0 Å². The van der Waals surface area contributed by atoms with Crippen LogP contribution in [-0.2, 0) is 12.4 Å². The van der Waals surface area contributed by atoms with Gasteiger partial charge in [-0.2, -0.15) is 35.1 Å². The van der Waals surface area contributed by atoms with Crippen LogP contribution in [0.4, 0.5) is 35.1 Å². The molecular weight excluding hydrogens is 312 g/mol. The van der Waals surface area contributed by atoms with Gasteiger partial charge in [0.15, 0.2) is 5.75 Å². The monoisotopic (exact) mass is 314 g/mol. The molecule has 0 heterocycles. The largest absolute Gasteiger partial charge is 0.434 e. The zero-order chi connectivity index (χ0) is 15.0. The fourth-order valence-corrected chi connectivity index (χ4v) is 1.45. The molecule has 0 atom stereocenters. The summed E-state index contributed by atoms with van der Waals surface area (Å²) in [6.45, 7) is -3.84. The highest BCUT2D eigenvalue weighted by Gasteiger charge is 2.43. The maximum Gasteiger partial charge on any atom is 0.420 e. The molecule has 0 amide bonds. The normalized spacial score (nSPS) is 12.9. The molecule has 0 aliphatic carbocycles. The highest BCUT2D eigenvalue weighted by molar-refractivity contribution is 6.30. The number of benzene rings is 1. The number of alkyl halides is 8. The Morgan fingerprint density at radius 1 is 0.895 bits per heavy atom. The molecule has 0 aliphatic heterocycles. The minimum atomic E-state index is -5.32. The van der Waals surface area contributed by atoms with Crippen LogP contribution in [-0.4, -0.2) is 6.61 Å². The van der Waals surface area contributed by atoms with E-state index in [4.69, 9.17) is 11.6 Å². The summed E-state index contributed by atoms with van der Waals surface area (Å²) in [5.74, 6) is -2.00. The van der Waals surface area contributed by atoms with Crippen molar-refractivity contribution < 1.29 is 39.9 Å². The lowest BCUT2D eigenvalue weighted by molar-refractivity contribution is -0.150. The predicted molar refractivity (Wildman–Crippen MR) is 48.1 cm³/mol. The minimum Gasteiger partial charge on any atom is -0.434 e. The first-order valence-electron chi connectivity index (χ1n) is 4.35. The van der Waals surface area contributed by atoms with Crippen LogP contribution in [0.2, 0.25) is 5.02 Å². The highest BCUT2D eigenvalue weighted by Crippen LogP contribution is 2.46. The van der Waals surface area contributed by atoms with E-state index in [9.17, 15) is 35.1 Å². The summed E-state index contributed by atoms with van der Waals surface area (Å²) in [4.78, 5) is 0. The third kappa shape index (κ3) is 3.85. The Bertz CT molecular complexity index is 429. The summed E-state index contributed by atoms with van der Waals surface area (Å²) >= 11 is 5.13. The van der Waals surface area contributed by atoms with Crippen LogP contribution < -0.4 is 4.74 Å². The molecule has 0 radical (unpaired) electrons. The Morgan fingerprint density at radius 3 is 1.53 bits per heavy atom. The quantitative estimate of drug-likeness (QED) is 0.700. The lowest BCUT2D eigenvalue weighted by Gasteiger charge is -2.19. The summed E-state index contributed by atoms with van der Waals surface area (Å²) in [7, 11) is 0. The van der Waals surface area contributed by atoms with E-state index in [0.717, 1.165) is 0 Å². The van der Waals surface area contributed by atoms with Crippen LogP contribution in [0.25, 0.3) is 0 Å². The first-order chi connectivity index (χ1) is 8.43. The van der Waals surface area contributed by atoms with E-state index < -0.39 is 40.9 Å². The van der Waals surface area contributed by atoms with Crippen molar-refractivity contribution in [3.05, 3.63) is 28.3 Å². The van der Waals surface area contributed by atoms with Gasteiger partial charge in [-0.15, -0.1) is 0 Å². The van der Waals surface area contributed by atoms with E-state index in [1.54, 1.807) is 0 Å². The number of hydrogen-bond acceptors (Lipinski definition) is 1. The molecule has 0 unspecified atom stereocenters. The molecule has 0 aliphatic rings. The molecular formula is C9H3ClF8O. The maximum atomic E-state index is 12.5. The van der Waals surface area contributed by atoms with Gasteiger partial charge < -0.3 is 4.74 Å². The van der Waals surface area contributed by atoms with Gasteiger partial charge >= 0.3 is 19.0 Å². The van der Waals surface area contributed by atoms with E-state index in [1.165, 1.54) is 0 Å². The van der Waals surface area contributed by atoms with Crippen LogP contribution in [0.5, 0.6) is 5.75 Å². The van der Waals surface area contributed by atoms with Crippen molar-refractivity contribution >= 4 is 11.6 Å². The van der Waals surface area contributed by atoms with Crippen LogP contribution in [0.3, 0.4) is 0 Å². The zero-order valence-corrected chi connectivity index (χ0v) is 9.30. The molecule has 0 aromatic heterocycles. The lowest BCUT2D eigenvalue weighted by Crippen LogP contribution is -2.17. The first-order valence-corrected chi connectivity index (χ1v) is 4.73. The molecule has 0 bridgehead atoms. The second-order valence-corrected chi connectivity index (χ2v) is 3.64. The summed E-state index contributed by atoms with van der Waals surface area (Å²) in [6, 6.07) is 0.156. The molecule has 1 aromatic carbocycles. The Hall–Kier alpha value is -1.25. The standard InChI is InChI=1S/C9H3ClF8O/c10-3-1-4(8(13,14)15)6(19-7(11)12)5(2-3)9(16,17)18/h1-2,7H. The average Bonchev–Trinajstić information content (AvgIpc) is 2.16. The number of rotatable bonds is 2. The van der Waals surface area contributed by atoms with Gasteiger partial charge in [0.25, 0.3) is 0 Å². The van der Waals surface area contributed by atoms with Crippen molar-refractivity contribution in [1.82, 2.24) is 0 Å². The number of halogens is 9. The van der Waals surface area contributed by atoms with Crippen molar-refractivity contribution in [3.63, 3.8) is 0 Å². The van der Waals surface area contributed by atoms with E-state index in [2.05, 4.69) is 4.74 Å². The van der Waals surface area contributed by atoms with Crippen molar-refractivity contribution in [2.24, 2.45) is 0 Å². The van der Waals surface area contributed by atoms with E-state index in [0.29, 0.717) is 0 Å². The molecule has 19 heavy (non-hydrogen) atoms. The molecule has 10 heteroatoms. The zero-order valence-electron chi connectivity index (χ0n) is 8.54. The summed E-state index contributed by atoms with van der Waals surface area (Å²) < 4.78 is 102. The SMILES string of the molecule is FC(F)Oc1c(C(F)(F)F)cc(Cl)cc1C(F)(F)F. The minimum absolute atomic E-state index is 0.0779. The van der Waals surface area contributed by atoms with Crippen molar-refractivity contribution in [1.29, 1.82) is 0 Å². The molecule has 0 N–H and O–H groups in total. The summed E-state index contributed by atoms with van der Waals surface area (Å²) in [5, 5.41) is -0.902. The van der Waals surface area contributed by atoms with E-state index >= 15 is 0 Å². The van der Waals surface area contributed by atoms with Crippen molar-refractivity contribution in [3.8, 4) is 5.75 Å². The Labute approximate surface area is 105 Å². The van der Waals surface area contributed by atoms with Gasteiger partial charge in [0.05, 0.1) is 11.1 Å². The molecule has 0 fully saturated rings. The Balaban J connectivity index is 3.58. The fourth-order valence-electron chi connectivity index (χ4n) is 1.23. The van der Waals surface area contributed by atoms with Gasteiger partial charge in [-0.25, -0.2) is 0 Å². The van der Waals surface area contributed by atoms with Crippen molar-refractivity contribution in [2.75, 3.05) is 0 Å². The van der Waals surface area contributed by atoms with Gasteiger partial charge in [0.2, 0.25) is 0 Å². The first kappa shape index (κ1) is 15.8. The molecule has 1 rings (SSSR count). The average molecular weight is 315 g/mol. The lowest BCUT2D eigenvalue weighted by atomic mass is 10.1. The maximum absolute atomic E-state index is 12.5. The molecule has 1 aromatic rings. The molecule has 0 saturated heterocycles. The fraction of sp³-hybridized carbons (Fsp3) is 0.333. The predicted octanol–water partition coefficient (Wildman–Crippen LogP) is 4.98. The van der Waals surface area contributed by atoms with Gasteiger partial charge in [-0.3, -0.25) is 0 Å². The van der Waals surface area contributed by atoms with E-state index in [-0.39, 0.29) is 12.1 Å². The van der Waals surface area contributed by atoms with Crippen LogP contribution in [0.1, 0.15) is 11.1 Å². The third-order valence-corrected chi connectivity index (χ3v) is 2.09. The van der Waals surface area contributed by atoms with E-state index in [1.807, 2.05) is 0 Å². The smallest absolute Gasteiger partial charge is 0.420 e. The van der Waals surface area contributed by atoms with Gasteiger partial charge in [0, 0.05) is 5.02 Å². The van der Waals surface area contributed by atoms with Crippen LogP contribution >= 0.6 is 11.6 Å². The van der Waals surface area contributed by atoms with Gasteiger partial charge in [-0.1, -0.05) is 11.6 Å². The topological polar surface area (TPSA) is 9.23 Å². The highest BCUT2D eigenvalue weighted by atomic mass is 35.5. The molecule has 0 saturated carbocycles. The number of hydrogen-bond donors (Lipinski definition) is 0. The summed E-state index contributed by atoms with van der Waals surface area (Å²) in [5.41, 5.74) is -4.04. The number of ether oxygens (including phenoxy) is 1. The van der Waals surface area contributed by atoms with Crippen molar-refractivity contribution in [2.45, 2.75) is 19.0 Å². The van der Waals surface area contributed by atoms with Crippen LogP contribution in [0, 0.1) is 0 Å². The van der Waals surface area contributed by atoms with Gasteiger partial charge in [-0.05, 0) is 12.1 Å². The third-order valence-electron chi connectivity index (χ3n) is 1.87. The summed E-state index contributed by atoms with van der Waals surface area (Å²) in [6.07, 6.45) is -10.6. The molecule has 0 spiro atoms. The van der Waals surface area contributed by atoms with Crippen LogP contribution in [0.15, 0.2) is 12.1 Å². The Kier molecular flexibility index (Phi) is 4.18. The Morgan fingerprint density at radius 2 is 1.26 bits per heavy atom.